The van der Waals surface area contributed by atoms with Crippen molar-refractivity contribution in [3.8, 4) is 34.3 Å². The van der Waals surface area contributed by atoms with Crippen molar-refractivity contribution in [3.63, 3.8) is 0 Å². The fourth-order valence-corrected chi connectivity index (χ4v) is 3.22. The summed E-state index contributed by atoms with van der Waals surface area (Å²) in [6.07, 6.45) is 0. The molecule has 0 saturated carbocycles. The Morgan fingerprint density at radius 1 is 0.938 bits per heavy atom. The van der Waals surface area contributed by atoms with Crippen LogP contribution in [-0.4, -0.2) is 44.1 Å². The van der Waals surface area contributed by atoms with E-state index < -0.39 is 11.5 Å². The van der Waals surface area contributed by atoms with Gasteiger partial charge in [0.15, 0.2) is 11.5 Å². The number of aromatic nitrogens is 2. The monoisotopic (exact) mass is 459 g/mol. The molecule has 10 heteroatoms. The second kappa shape index (κ2) is 10.1. The lowest BCUT2D eigenvalue weighted by Crippen LogP contribution is -2.29. The van der Waals surface area contributed by atoms with Crippen molar-refractivity contribution in [2.24, 2.45) is 0 Å². The molecule has 3 rings (SSSR count). The number of carbonyl (C=O) groups excluding carboxylic acids is 1. The fraction of sp³-hybridized carbons (Fsp3) is 0.227. The zero-order valence-electron chi connectivity index (χ0n) is 18.0. The molecule has 0 fully saturated rings. The van der Waals surface area contributed by atoms with Gasteiger partial charge in [0, 0.05) is 16.7 Å². The highest BCUT2D eigenvalue weighted by molar-refractivity contribution is 6.31. The number of nitrogens with zero attached hydrogens (tertiary/aromatic N) is 2. The minimum atomic E-state index is -0.470. The number of nitrogens with one attached hydrogen (secondary N) is 1. The molecule has 0 aliphatic rings. The van der Waals surface area contributed by atoms with E-state index in [9.17, 15) is 9.59 Å². The van der Waals surface area contributed by atoms with E-state index in [1.807, 2.05) is 0 Å². The third-order valence-corrected chi connectivity index (χ3v) is 4.79. The van der Waals surface area contributed by atoms with Gasteiger partial charge >= 0.3 is 0 Å². The topological polar surface area (TPSA) is 101 Å². The van der Waals surface area contributed by atoms with Crippen LogP contribution >= 0.6 is 11.6 Å². The van der Waals surface area contributed by atoms with Gasteiger partial charge in [0.25, 0.3) is 5.56 Å². The average molecular weight is 460 g/mol. The van der Waals surface area contributed by atoms with Crippen molar-refractivity contribution in [1.29, 1.82) is 0 Å². The Bertz CT molecular complexity index is 1170. The molecule has 0 spiro atoms. The van der Waals surface area contributed by atoms with Gasteiger partial charge in [-0.15, -0.1) is 0 Å². The molecular formula is C22H22ClN3O6. The average Bonchev–Trinajstić information content (AvgIpc) is 2.79. The highest BCUT2D eigenvalue weighted by Crippen LogP contribution is 2.40. The Morgan fingerprint density at radius 2 is 1.59 bits per heavy atom. The number of halogens is 1. The Morgan fingerprint density at radius 3 is 2.19 bits per heavy atom. The summed E-state index contributed by atoms with van der Waals surface area (Å²) in [4.78, 5) is 24.9. The van der Waals surface area contributed by atoms with Crippen LogP contribution in [0.2, 0.25) is 5.02 Å². The van der Waals surface area contributed by atoms with E-state index in [1.54, 1.807) is 36.4 Å². The summed E-state index contributed by atoms with van der Waals surface area (Å²) >= 11 is 6.00. The predicted octanol–water partition coefficient (Wildman–Crippen LogP) is 3.24. The van der Waals surface area contributed by atoms with Crippen molar-refractivity contribution in [3.05, 3.63) is 57.8 Å². The molecule has 3 aromatic rings. The summed E-state index contributed by atoms with van der Waals surface area (Å²) in [5.74, 6) is 1.28. The molecule has 0 bridgehead atoms. The summed E-state index contributed by atoms with van der Waals surface area (Å²) in [5, 5.41) is 7.44. The molecule has 32 heavy (non-hydrogen) atoms. The van der Waals surface area contributed by atoms with Crippen LogP contribution in [0.5, 0.6) is 23.0 Å². The molecule has 168 valence electrons. The Hall–Kier alpha value is -3.72. The zero-order valence-corrected chi connectivity index (χ0v) is 18.7. The highest BCUT2D eigenvalue weighted by atomic mass is 35.5. The number of ether oxygens (including phenoxy) is 4. The van der Waals surface area contributed by atoms with Crippen LogP contribution in [0.3, 0.4) is 0 Å². The van der Waals surface area contributed by atoms with Gasteiger partial charge in [-0.1, -0.05) is 11.6 Å². The SMILES string of the molecule is COc1ccc(Cl)cc1NC(=O)Cn1nc(-c2cc(OC)c(OC)c(OC)c2)ccc1=O. The third-order valence-electron chi connectivity index (χ3n) is 4.56. The minimum Gasteiger partial charge on any atom is -0.495 e. The van der Waals surface area contributed by atoms with Crippen molar-refractivity contribution >= 4 is 23.2 Å². The van der Waals surface area contributed by atoms with Gasteiger partial charge in [0.05, 0.1) is 39.8 Å². The molecule has 2 aromatic carbocycles. The molecule has 1 N–H and O–H groups in total. The van der Waals surface area contributed by atoms with Gasteiger partial charge in [0.1, 0.15) is 12.3 Å². The number of methoxy groups -OCH3 is 4. The van der Waals surface area contributed by atoms with Gasteiger partial charge < -0.3 is 24.3 Å². The van der Waals surface area contributed by atoms with E-state index >= 15 is 0 Å². The van der Waals surface area contributed by atoms with E-state index in [-0.39, 0.29) is 6.54 Å². The van der Waals surface area contributed by atoms with Crippen molar-refractivity contribution in [2.45, 2.75) is 6.54 Å². The van der Waals surface area contributed by atoms with Crippen LogP contribution < -0.4 is 29.8 Å². The van der Waals surface area contributed by atoms with Crippen LogP contribution in [0, 0.1) is 0 Å². The Labute approximate surface area is 189 Å². The minimum absolute atomic E-state index is 0.313. The number of rotatable bonds is 8. The van der Waals surface area contributed by atoms with Crippen LogP contribution in [0.4, 0.5) is 5.69 Å². The lowest BCUT2D eigenvalue weighted by molar-refractivity contribution is -0.117. The molecule has 0 saturated heterocycles. The van der Waals surface area contributed by atoms with Gasteiger partial charge in [0.2, 0.25) is 11.7 Å². The first-order valence-electron chi connectivity index (χ1n) is 9.42. The van der Waals surface area contributed by atoms with Crippen LogP contribution in [-0.2, 0) is 11.3 Å². The molecule has 0 aliphatic heterocycles. The molecule has 0 unspecified atom stereocenters. The first-order valence-corrected chi connectivity index (χ1v) is 9.80. The molecule has 1 aromatic heterocycles. The zero-order chi connectivity index (χ0) is 23.3. The summed E-state index contributed by atoms with van der Waals surface area (Å²) < 4.78 is 22.4. The lowest BCUT2D eigenvalue weighted by atomic mass is 10.1. The van der Waals surface area contributed by atoms with E-state index in [1.165, 1.54) is 34.5 Å². The van der Waals surface area contributed by atoms with Crippen molar-refractivity contribution < 1.29 is 23.7 Å². The molecular weight excluding hydrogens is 438 g/mol. The maximum Gasteiger partial charge on any atom is 0.267 e. The van der Waals surface area contributed by atoms with Crippen LogP contribution in [0.15, 0.2) is 47.3 Å². The number of amides is 1. The number of hydrogen-bond donors (Lipinski definition) is 1. The summed E-state index contributed by atoms with van der Waals surface area (Å²) in [6, 6.07) is 11.1. The number of benzene rings is 2. The van der Waals surface area contributed by atoms with Crippen molar-refractivity contribution in [1.82, 2.24) is 9.78 Å². The highest BCUT2D eigenvalue weighted by Gasteiger charge is 2.16. The van der Waals surface area contributed by atoms with Crippen molar-refractivity contribution in [2.75, 3.05) is 33.8 Å². The molecule has 9 nitrogen and oxygen atoms in total. The normalized spacial score (nSPS) is 10.4. The molecule has 1 heterocycles. The molecule has 0 radical (unpaired) electrons. The van der Waals surface area contributed by atoms with E-state index in [0.717, 1.165) is 4.68 Å². The summed E-state index contributed by atoms with van der Waals surface area (Å²) in [7, 11) is 5.99. The van der Waals surface area contributed by atoms with E-state index in [4.69, 9.17) is 30.5 Å². The quantitative estimate of drug-likeness (QED) is 0.551. The first kappa shape index (κ1) is 23.0. The number of hydrogen-bond acceptors (Lipinski definition) is 7. The number of anilines is 1. The lowest BCUT2D eigenvalue weighted by Gasteiger charge is -2.14. The van der Waals surface area contributed by atoms with E-state index in [0.29, 0.717) is 45.0 Å². The van der Waals surface area contributed by atoms with Gasteiger partial charge in [-0.3, -0.25) is 9.59 Å². The largest absolute Gasteiger partial charge is 0.495 e. The maximum absolute atomic E-state index is 12.6. The molecule has 0 aliphatic carbocycles. The van der Waals surface area contributed by atoms with Crippen LogP contribution in [0.1, 0.15) is 0 Å². The first-order chi connectivity index (χ1) is 15.4. The Kier molecular flexibility index (Phi) is 7.21. The predicted molar refractivity (Wildman–Crippen MR) is 120 cm³/mol. The second-order valence-corrected chi connectivity index (χ2v) is 6.96. The maximum atomic E-state index is 12.6. The van der Waals surface area contributed by atoms with E-state index in [2.05, 4.69) is 10.4 Å². The second-order valence-electron chi connectivity index (χ2n) is 6.52. The number of carbonyl (C=O) groups is 1. The smallest absolute Gasteiger partial charge is 0.267 e. The van der Waals surface area contributed by atoms with Gasteiger partial charge in [-0.25, -0.2) is 4.68 Å². The molecule has 0 atom stereocenters. The summed E-state index contributed by atoms with van der Waals surface area (Å²) in [6.45, 7) is -0.313. The fourth-order valence-electron chi connectivity index (χ4n) is 3.05. The Balaban J connectivity index is 1.91. The summed E-state index contributed by atoms with van der Waals surface area (Å²) in [5.41, 5.74) is 1.01. The third kappa shape index (κ3) is 4.94. The van der Waals surface area contributed by atoms with Gasteiger partial charge in [-0.05, 0) is 36.4 Å². The molecule has 1 amide bonds. The van der Waals surface area contributed by atoms with Crippen LogP contribution in [0.25, 0.3) is 11.3 Å². The van der Waals surface area contributed by atoms with Gasteiger partial charge in [-0.2, -0.15) is 5.10 Å². The standard InChI is InChI=1S/C22H22ClN3O6/c1-29-17-7-5-14(23)11-16(17)24-20(27)12-26-21(28)8-6-15(25-26)13-9-18(30-2)22(32-4)19(10-13)31-3/h5-11H,12H2,1-4H3,(H,24,27).